The SMILES string of the molecule is COc1ccc(C(=O)c2c(C)oc3ccccc3c2=O)cc1. The van der Waals surface area contributed by atoms with Crippen LogP contribution in [0.4, 0.5) is 0 Å². The number of rotatable bonds is 3. The highest BCUT2D eigenvalue weighted by molar-refractivity contribution is 6.10. The lowest BCUT2D eigenvalue weighted by atomic mass is 10.0. The van der Waals surface area contributed by atoms with Gasteiger partial charge < -0.3 is 9.15 Å². The maximum atomic E-state index is 12.6. The smallest absolute Gasteiger partial charge is 0.204 e. The average molecular weight is 294 g/mol. The Morgan fingerprint density at radius 2 is 1.73 bits per heavy atom. The molecule has 0 saturated heterocycles. The second-order valence-electron chi connectivity index (χ2n) is 4.92. The first kappa shape index (κ1) is 14.1. The highest BCUT2D eigenvalue weighted by atomic mass is 16.5. The van der Waals surface area contributed by atoms with Crippen molar-refractivity contribution >= 4 is 16.8 Å². The van der Waals surface area contributed by atoms with Gasteiger partial charge in [-0.15, -0.1) is 0 Å². The van der Waals surface area contributed by atoms with Crippen LogP contribution in [0.25, 0.3) is 11.0 Å². The Kier molecular flexibility index (Phi) is 3.51. The molecular formula is C18H14O4. The van der Waals surface area contributed by atoms with E-state index in [9.17, 15) is 9.59 Å². The number of hydrogen-bond donors (Lipinski definition) is 0. The summed E-state index contributed by atoms with van der Waals surface area (Å²) in [6.45, 7) is 1.63. The predicted molar refractivity (Wildman–Crippen MR) is 83.6 cm³/mol. The Morgan fingerprint density at radius 1 is 1.05 bits per heavy atom. The van der Waals surface area contributed by atoms with E-state index in [2.05, 4.69) is 0 Å². The summed E-state index contributed by atoms with van der Waals surface area (Å²) in [5.74, 6) is 0.628. The van der Waals surface area contributed by atoms with Gasteiger partial charge in [-0.05, 0) is 43.3 Å². The van der Waals surface area contributed by atoms with Gasteiger partial charge in [0.05, 0.1) is 12.5 Å². The number of carbonyl (C=O) groups excluding carboxylic acids is 1. The summed E-state index contributed by atoms with van der Waals surface area (Å²) in [5, 5.41) is 0.407. The molecule has 4 heteroatoms. The maximum Gasteiger partial charge on any atom is 0.204 e. The van der Waals surface area contributed by atoms with Gasteiger partial charge in [0.15, 0.2) is 5.78 Å². The quantitative estimate of drug-likeness (QED) is 0.695. The van der Waals surface area contributed by atoms with E-state index >= 15 is 0 Å². The molecule has 0 saturated carbocycles. The second kappa shape index (κ2) is 5.48. The minimum Gasteiger partial charge on any atom is -0.497 e. The molecule has 22 heavy (non-hydrogen) atoms. The molecule has 4 nitrogen and oxygen atoms in total. The number of ketones is 1. The van der Waals surface area contributed by atoms with Crippen LogP contribution in [-0.2, 0) is 0 Å². The van der Waals surface area contributed by atoms with Crippen LogP contribution in [0, 0.1) is 6.92 Å². The Morgan fingerprint density at radius 3 is 2.41 bits per heavy atom. The molecule has 3 aromatic rings. The van der Waals surface area contributed by atoms with Crippen molar-refractivity contribution < 1.29 is 13.9 Å². The van der Waals surface area contributed by atoms with E-state index in [4.69, 9.17) is 9.15 Å². The Bertz CT molecular complexity index is 905. The van der Waals surface area contributed by atoms with Crippen LogP contribution >= 0.6 is 0 Å². The number of hydrogen-bond acceptors (Lipinski definition) is 4. The molecule has 0 atom stereocenters. The van der Waals surface area contributed by atoms with Crippen LogP contribution in [0.1, 0.15) is 21.7 Å². The Labute approximate surface area is 127 Å². The molecule has 0 radical (unpaired) electrons. The van der Waals surface area contributed by atoms with E-state index in [0.717, 1.165) is 0 Å². The van der Waals surface area contributed by atoms with Crippen LogP contribution in [0.5, 0.6) is 5.75 Å². The van der Waals surface area contributed by atoms with Crippen molar-refractivity contribution in [3.8, 4) is 5.75 Å². The molecule has 0 fully saturated rings. The molecule has 110 valence electrons. The minimum absolute atomic E-state index is 0.0730. The fourth-order valence-electron chi connectivity index (χ4n) is 2.40. The number of methoxy groups -OCH3 is 1. The van der Waals surface area contributed by atoms with E-state index in [-0.39, 0.29) is 16.8 Å². The summed E-state index contributed by atoms with van der Waals surface area (Å²) in [7, 11) is 1.55. The number of benzene rings is 2. The maximum absolute atomic E-state index is 12.6. The lowest BCUT2D eigenvalue weighted by Gasteiger charge is -2.06. The standard InChI is InChI=1S/C18H14O4/c1-11-16(17(19)12-7-9-13(21-2)10-8-12)18(20)14-5-3-4-6-15(14)22-11/h3-10H,1-2H3. The summed E-state index contributed by atoms with van der Waals surface area (Å²) in [6.07, 6.45) is 0. The topological polar surface area (TPSA) is 56.5 Å². The highest BCUT2D eigenvalue weighted by Gasteiger charge is 2.19. The third kappa shape index (κ3) is 2.29. The number of para-hydroxylation sites is 1. The van der Waals surface area contributed by atoms with E-state index in [1.807, 2.05) is 0 Å². The van der Waals surface area contributed by atoms with Crippen LogP contribution in [-0.4, -0.2) is 12.9 Å². The lowest BCUT2D eigenvalue weighted by molar-refractivity contribution is 0.103. The fraction of sp³-hybridized carbons (Fsp3) is 0.111. The van der Waals surface area contributed by atoms with Crippen molar-refractivity contribution in [3.05, 3.63) is 75.6 Å². The van der Waals surface area contributed by atoms with Gasteiger partial charge in [-0.2, -0.15) is 0 Å². The van der Waals surface area contributed by atoms with Gasteiger partial charge in [-0.3, -0.25) is 9.59 Å². The number of carbonyl (C=O) groups is 1. The molecule has 1 aromatic heterocycles. The summed E-state index contributed by atoms with van der Waals surface area (Å²) >= 11 is 0. The third-order valence-corrected chi connectivity index (χ3v) is 3.55. The van der Waals surface area contributed by atoms with E-state index < -0.39 is 0 Å². The van der Waals surface area contributed by atoms with E-state index in [1.165, 1.54) is 0 Å². The van der Waals surface area contributed by atoms with Crippen LogP contribution in [0.3, 0.4) is 0 Å². The van der Waals surface area contributed by atoms with Crippen molar-refractivity contribution in [1.82, 2.24) is 0 Å². The first-order valence-corrected chi connectivity index (χ1v) is 6.83. The van der Waals surface area contributed by atoms with Crippen molar-refractivity contribution in [2.45, 2.75) is 6.92 Å². The second-order valence-corrected chi connectivity index (χ2v) is 4.92. The minimum atomic E-state index is -0.348. The van der Waals surface area contributed by atoms with Crippen LogP contribution < -0.4 is 10.2 Å². The Balaban J connectivity index is 2.16. The molecule has 0 unspecified atom stereocenters. The first-order chi connectivity index (χ1) is 10.6. The van der Waals surface area contributed by atoms with E-state index in [1.54, 1.807) is 62.6 Å². The highest BCUT2D eigenvalue weighted by Crippen LogP contribution is 2.19. The molecule has 0 bridgehead atoms. The molecule has 0 amide bonds. The van der Waals surface area contributed by atoms with Gasteiger partial charge >= 0.3 is 0 Å². The normalized spacial score (nSPS) is 10.6. The number of fused-ring (bicyclic) bond motifs is 1. The van der Waals surface area contributed by atoms with Gasteiger partial charge in [0, 0.05) is 5.56 Å². The fourth-order valence-corrected chi connectivity index (χ4v) is 2.40. The number of aryl methyl sites for hydroxylation is 1. The van der Waals surface area contributed by atoms with Crippen molar-refractivity contribution in [1.29, 1.82) is 0 Å². The molecule has 0 N–H and O–H groups in total. The van der Waals surface area contributed by atoms with Crippen LogP contribution in [0.15, 0.2) is 57.7 Å². The van der Waals surface area contributed by atoms with Crippen molar-refractivity contribution in [2.75, 3.05) is 7.11 Å². The zero-order valence-electron chi connectivity index (χ0n) is 12.3. The van der Waals surface area contributed by atoms with Gasteiger partial charge in [0.1, 0.15) is 22.7 Å². The van der Waals surface area contributed by atoms with Gasteiger partial charge in [-0.25, -0.2) is 0 Å². The molecule has 0 aliphatic heterocycles. The van der Waals surface area contributed by atoms with Crippen molar-refractivity contribution in [3.63, 3.8) is 0 Å². The number of ether oxygens (including phenoxy) is 1. The first-order valence-electron chi connectivity index (χ1n) is 6.83. The molecule has 0 spiro atoms. The molecular weight excluding hydrogens is 280 g/mol. The molecule has 0 aliphatic carbocycles. The Hall–Kier alpha value is -2.88. The largest absolute Gasteiger partial charge is 0.497 e. The average Bonchev–Trinajstić information content (AvgIpc) is 2.55. The van der Waals surface area contributed by atoms with E-state index in [0.29, 0.717) is 28.0 Å². The molecule has 2 aromatic carbocycles. The van der Waals surface area contributed by atoms with Crippen LogP contribution in [0.2, 0.25) is 0 Å². The summed E-state index contributed by atoms with van der Waals surface area (Å²) in [6, 6.07) is 13.5. The summed E-state index contributed by atoms with van der Waals surface area (Å²) in [5.41, 5.74) is 0.673. The van der Waals surface area contributed by atoms with Crippen molar-refractivity contribution in [2.24, 2.45) is 0 Å². The third-order valence-electron chi connectivity index (χ3n) is 3.55. The van der Waals surface area contributed by atoms with Gasteiger partial charge in [0.2, 0.25) is 5.43 Å². The lowest BCUT2D eigenvalue weighted by Crippen LogP contribution is -2.18. The monoisotopic (exact) mass is 294 g/mol. The molecule has 3 rings (SSSR count). The summed E-state index contributed by atoms with van der Waals surface area (Å²) < 4.78 is 10.7. The zero-order valence-corrected chi connectivity index (χ0v) is 12.3. The molecule has 1 heterocycles. The van der Waals surface area contributed by atoms with Gasteiger partial charge in [0.25, 0.3) is 0 Å². The van der Waals surface area contributed by atoms with Gasteiger partial charge in [-0.1, -0.05) is 12.1 Å². The predicted octanol–water partition coefficient (Wildman–Crippen LogP) is 3.34. The summed E-state index contributed by atoms with van der Waals surface area (Å²) in [4.78, 5) is 25.2. The molecule has 0 aliphatic rings. The zero-order chi connectivity index (χ0) is 15.7.